The molecule has 0 aliphatic rings. The molecule has 0 spiro atoms. The smallest absolute Gasteiger partial charge is 0.234 e. The zero-order valence-corrected chi connectivity index (χ0v) is 14.7. The maximum absolute atomic E-state index is 11.9. The Morgan fingerprint density at radius 1 is 1.12 bits per heavy atom. The van der Waals surface area contributed by atoms with Gasteiger partial charge >= 0.3 is 0 Å². The molecule has 0 aromatic heterocycles. The van der Waals surface area contributed by atoms with Crippen LogP contribution in [0.2, 0.25) is 0 Å². The highest BCUT2D eigenvalue weighted by Gasteiger charge is 2.05. The number of carbonyl (C=O) groups is 2. The molecule has 0 atom stereocenters. The van der Waals surface area contributed by atoms with Crippen LogP contribution in [-0.4, -0.2) is 29.8 Å². The second-order valence-corrected chi connectivity index (χ2v) is 6.46. The SMILES string of the molecule is CC(=O)c1cccc(NC(=O)CSCCOc2ccccc2C)c1. The minimum Gasteiger partial charge on any atom is -0.492 e. The minimum atomic E-state index is -0.0865. The molecule has 0 saturated carbocycles. The van der Waals surface area contributed by atoms with Gasteiger partial charge < -0.3 is 10.1 Å². The van der Waals surface area contributed by atoms with Crippen molar-refractivity contribution in [3.05, 3.63) is 59.7 Å². The number of anilines is 1. The molecule has 0 fully saturated rings. The lowest BCUT2D eigenvalue weighted by Gasteiger charge is -2.09. The molecule has 0 saturated heterocycles. The summed E-state index contributed by atoms with van der Waals surface area (Å²) in [4.78, 5) is 23.3. The van der Waals surface area contributed by atoms with Gasteiger partial charge in [0.15, 0.2) is 5.78 Å². The van der Waals surface area contributed by atoms with E-state index >= 15 is 0 Å². The lowest BCUT2D eigenvalue weighted by Crippen LogP contribution is -2.15. The second kappa shape index (κ2) is 9.13. The lowest BCUT2D eigenvalue weighted by molar-refractivity contribution is -0.113. The molecule has 2 aromatic carbocycles. The van der Waals surface area contributed by atoms with Crippen molar-refractivity contribution in [2.75, 3.05) is 23.4 Å². The fourth-order valence-corrected chi connectivity index (χ4v) is 2.71. The number of aryl methyl sites for hydroxylation is 1. The molecule has 0 unspecified atom stereocenters. The molecular formula is C19H21NO3S. The Balaban J connectivity index is 1.69. The van der Waals surface area contributed by atoms with E-state index < -0.39 is 0 Å². The number of hydrogen-bond donors (Lipinski definition) is 1. The quantitative estimate of drug-likeness (QED) is 0.582. The van der Waals surface area contributed by atoms with Gasteiger partial charge in [0.1, 0.15) is 5.75 Å². The molecule has 0 bridgehead atoms. The van der Waals surface area contributed by atoms with Gasteiger partial charge in [0.2, 0.25) is 5.91 Å². The van der Waals surface area contributed by atoms with Gasteiger partial charge in [-0.15, -0.1) is 11.8 Å². The van der Waals surface area contributed by atoms with Crippen molar-refractivity contribution in [2.24, 2.45) is 0 Å². The number of thioether (sulfide) groups is 1. The molecule has 0 aliphatic heterocycles. The summed E-state index contributed by atoms with van der Waals surface area (Å²) in [7, 11) is 0. The number of nitrogens with one attached hydrogen (secondary N) is 1. The van der Waals surface area contributed by atoms with E-state index in [4.69, 9.17) is 4.74 Å². The van der Waals surface area contributed by atoms with Crippen molar-refractivity contribution in [1.82, 2.24) is 0 Å². The summed E-state index contributed by atoms with van der Waals surface area (Å²) in [6.45, 7) is 4.07. The normalized spacial score (nSPS) is 10.2. The van der Waals surface area contributed by atoms with E-state index in [2.05, 4.69) is 5.32 Å². The van der Waals surface area contributed by atoms with Crippen LogP contribution in [0, 0.1) is 6.92 Å². The average Bonchev–Trinajstić information content (AvgIpc) is 2.56. The van der Waals surface area contributed by atoms with Crippen LogP contribution in [0.25, 0.3) is 0 Å². The van der Waals surface area contributed by atoms with Crippen molar-refractivity contribution in [2.45, 2.75) is 13.8 Å². The van der Waals surface area contributed by atoms with E-state index in [1.165, 1.54) is 18.7 Å². The van der Waals surface area contributed by atoms with E-state index in [-0.39, 0.29) is 11.7 Å². The first kappa shape index (κ1) is 18.1. The first-order valence-corrected chi connectivity index (χ1v) is 8.89. The summed E-state index contributed by atoms with van der Waals surface area (Å²) in [6, 6.07) is 14.8. The summed E-state index contributed by atoms with van der Waals surface area (Å²) in [5, 5.41) is 2.80. The molecule has 24 heavy (non-hydrogen) atoms. The number of ether oxygens (including phenoxy) is 1. The Morgan fingerprint density at radius 2 is 1.92 bits per heavy atom. The maximum atomic E-state index is 11.9. The van der Waals surface area contributed by atoms with Crippen LogP contribution in [-0.2, 0) is 4.79 Å². The summed E-state index contributed by atoms with van der Waals surface area (Å²) in [5.74, 6) is 1.85. The molecule has 2 rings (SSSR count). The third-order valence-corrected chi connectivity index (χ3v) is 4.29. The van der Waals surface area contributed by atoms with Gasteiger partial charge in [-0.05, 0) is 37.6 Å². The van der Waals surface area contributed by atoms with E-state index in [9.17, 15) is 9.59 Å². The van der Waals surface area contributed by atoms with Crippen molar-refractivity contribution in [3.63, 3.8) is 0 Å². The fraction of sp³-hybridized carbons (Fsp3) is 0.263. The molecule has 0 radical (unpaired) electrons. The Bertz CT molecular complexity index is 715. The molecule has 1 amide bonds. The largest absolute Gasteiger partial charge is 0.492 e. The van der Waals surface area contributed by atoms with Gasteiger partial charge in [0.25, 0.3) is 0 Å². The van der Waals surface area contributed by atoms with Crippen molar-refractivity contribution >= 4 is 29.1 Å². The zero-order chi connectivity index (χ0) is 17.4. The number of hydrogen-bond acceptors (Lipinski definition) is 4. The molecule has 0 aliphatic carbocycles. The van der Waals surface area contributed by atoms with Crippen LogP contribution in [0.15, 0.2) is 48.5 Å². The summed E-state index contributed by atoms with van der Waals surface area (Å²) < 4.78 is 5.69. The molecule has 0 heterocycles. The highest BCUT2D eigenvalue weighted by molar-refractivity contribution is 7.99. The topological polar surface area (TPSA) is 55.4 Å². The van der Waals surface area contributed by atoms with Crippen LogP contribution in [0.5, 0.6) is 5.75 Å². The molecular weight excluding hydrogens is 322 g/mol. The maximum Gasteiger partial charge on any atom is 0.234 e. The molecule has 1 N–H and O–H groups in total. The van der Waals surface area contributed by atoms with Gasteiger partial charge in [-0.25, -0.2) is 0 Å². The number of Topliss-reactive ketones (excluding diaryl/α,β-unsaturated/α-hetero) is 1. The van der Waals surface area contributed by atoms with Crippen LogP contribution >= 0.6 is 11.8 Å². The first-order valence-electron chi connectivity index (χ1n) is 7.73. The van der Waals surface area contributed by atoms with Gasteiger partial charge in [0.05, 0.1) is 12.4 Å². The van der Waals surface area contributed by atoms with Crippen LogP contribution < -0.4 is 10.1 Å². The first-order chi connectivity index (χ1) is 11.6. The van der Waals surface area contributed by atoms with Crippen LogP contribution in [0.3, 0.4) is 0 Å². The van der Waals surface area contributed by atoms with Crippen LogP contribution in [0.1, 0.15) is 22.8 Å². The minimum absolute atomic E-state index is 0.0196. The molecule has 4 nitrogen and oxygen atoms in total. The summed E-state index contributed by atoms with van der Waals surface area (Å²) in [5.41, 5.74) is 2.34. The van der Waals surface area contributed by atoms with E-state index in [1.807, 2.05) is 31.2 Å². The molecule has 5 heteroatoms. The number of amides is 1. The van der Waals surface area contributed by atoms with Gasteiger partial charge in [-0.3, -0.25) is 9.59 Å². The number of ketones is 1. The lowest BCUT2D eigenvalue weighted by atomic mass is 10.1. The fourth-order valence-electron chi connectivity index (χ4n) is 2.11. The third-order valence-electron chi connectivity index (χ3n) is 3.36. The Kier molecular flexibility index (Phi) is 6.88. The predicted octanol–water partition coefficient (Wildman–Crippen LogP) is 3.95. The number of rotatable bonds is 8. The highest BCUT2D eigenvalue weighted by atomic mass is 32.2. The number of benzene rings is 2. The standard InChI is InChI=1S/C19H21NO3S/c1-14-6-3-4-9-18(14)23-10-11-24-13-19(22)20-17-8-5-7-16(12-17)15(2)21/h3-9,12H,10-11,13H2,1-2H3,(H,20,22). The monoisotopic (exact) mass is 343 g/mol. The third kappa shape index (κ3) is 5.74. The number of para-hydroxylation sites is 1. The molecule has 126 valence electrons. The predicted molar refractivity (Wildman–Crippen MR) is 99.1 cm³/mol. The summed E-state index contributed by atoms with van der Waals surface area (Å²) in [6.07, 6.45) is 0. The van der Waals surface area contributed by atoms with Crippen molar-refractivity contribution in [3.8, 4) is 5.75 Å². The van der Waals surface area contributed by atoms with Gasteiger partial charge in [0, 0.05) is 17.0 Å². The number of carbonyl (C=O) groups excluding carboxylic acids is 2. The van der Waals surface area contributed by atoms with E-state index in [0.717, 1.165) is 17.1 Å². The highest BCUT2D eigenvalue weighted by Crippen LogP contribution is 2.16. The summed E-state index contributed by atoms with van der Waals surface area (Å²) >= 11 is 1.51. The molecule has 2 aromatic rings. The van der Waals surface area contributed by atoms with E-state index in [1.54, 1.807) is 24.3 Å². The van der Waals surface area contributed by atoms with Crippen molar-refractivity contribution in [1.29, 1.82) is 0 Å². The van der Waals surface area contributed by atoms with Gasteiger partial charge in [-0.1, -0.05) is 30.3 Å². The van der Waals surface area contributed by atoms with Crippen molar-refractivity contribution < 1.29 is 14.3 Å². The Morgan fingerprint density at radius 3 is 2.67 bits per heavy atom. The van der Waals surface area contributed by atoms with Crippen LogP contribution in [0.4, 0.5) is 5.69 Å². The van der Waals surface area contributed by atoms with E-state index in [0.29, 0.717) is 23.6 Å². The average molecular weight is 343 g/mol. The zero-order valence-electron chi connectivity index (χ0n) is 13.9. The van der Waals surface area contributed by atoms with Gasteiger partial charge in [-0.2, -0.15) is 0 Å². The second-order valence-electron chi connectivity index (χ2n) is 5.35. The Labute approximate surface area is 146 Å². The Hall–Kier alpha value is -2.27.